The molecule has 11 rings (SSSR count). The quantitative estimate of drug-likeness (QED) is 0.180. The van der Waals surface area contributed by atoms with Gasteiger partial charge in [0.25, 0.3) is 0 Å². The Kier molecular flexibility index (Phi) is 5.09. The van der Waals surface area contributed by atoms with Crippen LogP contribution in [0.3, 0.4) is 0 Å². The van der Waals surface area contributed by atoms with Crippen molar-refractivity contribution in [2.75, 3.05) is 0 Å². The maximum Gasteiger partial charge on any atom is 0.0641 e. The van der Waals surface area contributed by atoms with Gasteiger partial charge in [-0.1, -0.05) is 111 Å². The number of thiophene rings is 1. The number of benzene rings is 7. The van der Waals surface area contributed by atoms with Crippen LogP contribution in [-0.2, 0) is 5.41 Å². The van der Waals surface area contributed by atoms with Gasteiger partial charge in [-0.2, -0.15) is 0 Å². The van der Waals surface area contributed by atoms with E-state index in [1.807, 2.05) is 11.3 Å². The van der Waals surface area contributed by atoms with Gasteiger partial charge in [0.1, 0.15) is 0 Å². The van der Waals surface area contributed by atoms with Crippen molar-refractivity contribution in [1.82, 2.24) is 9.13 Å². The lowest BCUT2D eigenvalue weighted by Gasteiger charge is -2.21. The third-order valence-electron chi connectivity index (χ3n) is 10.9. The summed E-state index contributed by atoms with van der Waals surface area (Å²) >= 11 is 1.88. The van der Waals surface area contributed by atoms with Crippen LogP contribution in [0.1, 0.15) is 25.0 Å². The molecular weight excluding hydrogens is 601 g/mol. The molecule has 3 heteroatoms. The molecule has 0 amide bonds. The first-order valence-electron chi connectivity index (χ1n) is 16.7. The monoisotopic (exact) mass is 630 g/mol. The highest BCUT2D eigenvalue weighted by molar-refractivity contribution is 7.25. The highest BCUT2D eigenvalue weighted by atomic mass is 32.1. The first-order valence-corrected chi connectivity index (χ1v) is 17.5. The zero-order valence-corrected chi connectivity index (χ0v) is 27.5. The van der Waals surface area contributed by atoms with Gasteiger partial charge in [-0.05, 0) is 70.8 Å². The lowest BCUT2D eigenvalue weighted by atomic mass is 9.82. The molecule has 0 bridgehead atoms. The van der Waals surface area contributed by atoms with E-state index < -0.39 is 0 Å². The Labute approximate surface area is 281 Å². The summed E-state index contributed by atoms with van der Waals surface area (Å²) in [6, 6.07) is 54.3. The third-order valence-corrected chi connectivity index (χ3v) is 12.0. The van der Waals surface area contributed by atoms with Crippen molar-refractivity contribution in [3.63, 3.8) is 0 Å². The fraction of sp³-hybridized carbons (Fsp3) is 0.0667. The zero-order valence-electron chi connectivity index (χ0n) is 26.7. The fourth-order valence-electron chi connectivity index (χ4n) is 8.76. The molecule has 0 radical (unpaired) electrons. The van der Waals surface area contributed by atoms with Crippen LogP contribution < -0.4 is 0 Å². The summed E-state index contributed by atoms with van der Waals surface area (Å²) < 4.78 is 7.64. The molecular formula is C45H30N2S. The van der Waals surface area contributed by atoms with E-state index in [2.05, 4.69) is 169 Å². The topological polar surface area (TPSA) is 9.86 Å². The second kappa shape index (κ2) is 9.25. The van der Waals surface area contributed by atoms with Gasteiger partial charge in [0.05, 0.1) is 22.1 Å². The number of hydrogen-bond acceptors (Lipinski definition) is 1. The van der Waals surface area contributed by atoms with E-state index in [0.717, 1.165) is 0 Å². The molecule has 0 N–H and O–H groups in total. The van der Waals surface area contributed by atoms with E-state index in [1.54, 1.807) is 0 Å². The summed E-state index contributed by atoms with van der Waals surface area (Å²) in [6.45, 7) is 4.70. The van der Waals surface area contributed by atoms with Crippen molar-refractivity contribution in [3.8, 4) is 22.5 Å². The first kappa shape index (κ1) is 26.4. The van der Waals surface area contributed by atoms with Gasteiger partial charge in [0.15, 0.2) is 0 Å². The van der Waals surface area contributed by atoms with Gasteiger partial charge in [-0.25, -0.2) is 0 Å². The number of para-hydroxylation sites is 2. The van der Waals surface area contributed by atoms with E-state index >= 15 is 0 Å². The summed E-state index contributed by atoms with van der Waals surface area (Å²) in [6.07, 6.45) is 0. The van der Waals surface area contributed by atoms with Crippen molar-refractivity contribution in [3.05, 3.63) is 157 Å². The zero-order chi connectivity index (χ0) is 31.7. The molecule has 0 fully saturated rings. The van der Waals surface area contributed by atoms with Crippen LogP contribution in [0.4, 0.5) is 0 Å². The molecule has 1 aliphatic carbocycles. The molecule has 3 aromatic heterocycles. The second-order valence-corrected chi connectivity index (χ2v) is 14.8. The van der Waals surface area contributed by atoms with Crippen LogP contribution in [-0.4, -0.2) is 9.13 Å². The second-order valence-electron chi connectivity index (χ2n) is 13.7. The summed E-state index contributed by atoms with van der Waals surface area (Å²) in [4.78, 5) is 0. The summed E-state index contributed by atoms with van der Waals surface area (Å²) in [7, 11) is 0. The first-order chi connectivity index (χ1) is 23.6. The minimum Gasteiger partial charge on any atom is -0.309 e. The van der Waals surface area contributed by atoms with E-state index in [-0.39, 0.29) is 5.41 Å². The number of aromatic nitrogens is 2. The van der Waals surface area contributed by atoms with E-state index in [1.165, 1.54) is 97.4 Å². The van der Waals surface area contributed by atoms with E-state index in [4.69, 9.17) is 0 Å². The standard InChI is InChI=1S/C45H30N2S/c1-45(2)36-15-7-3-11-29(36)35-25-27(20-23-37(35)45)46-39-17-9-5-14-34(39)43-40(46)24-22-33-30-12-4-8-16-38(30)47(44(33)43)28-19-21-32-31-13-6-10-18-41(31)48-42(32)26-28/h3-26H,1-2H3. The molecule has 10 aromatic rings. The number of fused-ring (bicyclic) bond motifs is 13. The smallest absolute Gasteiger partial charge is 0.0641 e. The minimum atomic E-state index is -0.0199. The van der Waals surface area contributed by atoms with Gasteiger partial charge >= 0.3 is 0 Å². The van der Waals surface area contributed by atoms with Gasteiger partial charge in [0.2, 0.25) is 0 Å². The maximum absolute atomic E-state index is 2.51. The average Bonchev–Trinajstić information content (AvgIpc) is 3.83. The van der Waals surface area contributed by atoms with Crippen molar-refractivity contribution >= 4 is 75.1 Å². The molecule has 0 saturated carbocycles. The highest BCUT2D eigenvalue weighted by Gasteiger charge is 2.35. The molecule has 1 aliphatic rings. The van der Waals surface area contributed by atoms with Crippen molar-refractivity contribution < 1.29 is 0 Å². The molecule has 0 aliphatic heterocycles. The van der Waals surface area contributed by atoms with Crippen LogP contribution in [0.5, 0.6) is 0 Å². The van der Waals surface area contributed by atoms with Crippen molar-refractivity contribution in [2.45, 2.75) is 19.3 Å². The molecule has 0 atom stereocenters. The van der Waals surface area contributed by atoms with Gasteiger partial charge in [-0.15, -0.1) is 11.3 Å². The average molecular weight is 631 g/mol. The molecule has 226 valence electrons. The van der Waals surface area contributed by atoms with Crippen LogP contribution >= 0.6 is 11.3 Å². The summed E-state index contributed by atoms with van der Waals surface area (Å²) in [5.41, 5.74) is 12.8. The number of nitrogens with zero attached hydrogens (tertiary/aromatic N) is 2. The van der Waals surface area contributed by atoms with Crippen molar-refractivity contribution in [1.29, 1.82) is 0 Å². The van der Waals surface area contributed by atoms with Crippen LogP contribution in [0.15, 0.2) is 146 Å². The lowest BCUT2D eigenvalue weighted by molar-refractivity contribution is 0.660. The third kappa shape index (κ3) is 3.31. The predicted octanol–water partition coefficient (Wildman–Crippen LogP) is 12.6. The van der Waals surface area contributed by atoms with Gasteiger partial charge < -0.3 is 9.13 Å². The Morgan fingerprint density at radius 3 is 1.94 bits per heavy atom. The van der Waals surface area contributed by atoms with Crippen LogP contribution in [0.2, 0.25) is 0 Å². The Balaban J connectivity index is 1.25. The molecule has 3 heterocycles. The molecule has 0 unspecified atom stereocenters. The largest absolute Gasteiger partial charge is 0.309 e. The van der Waals surface area contributed by atoms with E-state index in [0.29, 0.717) is 0 Å². The Morgan fingerprint density at radius 1 is 0.438 bits per heavy atom. The number of hydrogen-bond donors (Lipinski definition) is 0. The molecule has 0 spiro atoms. The Hall–Kier alpha value is -5.64. The Morgan fingerprint density at radius 2 is 1.06 bits per heavy atom. The van der Waals surface area contributed by atoms with Crippen LogP contribution in [0, 0.1) is 0 Å². The highest BCUT2D eigenvalue weighted by Crippen LogP contribution is 2.50. The molecule has 7 aromatic carbocycles. The summed E-state index contributed by atoms with van der Waals surface area (Å²) in [5.74, 6) is 0. The lowest BCUT2D eigenvalue weighted by Crippen LogP contribution is -2.14. The molecule has 48 heavy (non-hydrogen) atoms. The van der Waals surface area contributed by atoms with Crippen LogP contribution in [0.25, 0.3) is 86.3 Å². The number of rotatable bonds is 2. The fourth-order valence-corrected chi connectivity index (χ4v) is 9.90. The molecule has 2 nitrogen and oxygen atoms in total. The predicted molar refractivity (Wildman–Crippen MR) is 206 cm³/mol. The normalized spacial score (nSPS) is 13.8. The maximum atomic E-state index is 2.51. The summed E-state index contributed by atoms with van der Waals surface area (Å²) in [5, 5.41) is 7.77. The SMILES string of the molecule is CC1(C)c2ccccc2-c2cc(-n3c4ccccc4c4c3ccc3c5ccccc5n(-c5ccc6c(c5)sc5ccccc56)c34)ccc21. The Bertz CT molecular complexity index is 2980. The minimum absolute atomic E-state index is 0.0199. The molecule has 0 saturated heterocycles. The van der Waals surface area contributed by atoms with Gasteiger partial charge in [-0.3, -0.25) is 0 Å². The van der Waals surface area contributed by atoms with Gasteiger partial charge in [0, 0.05) is 58.5 Å². The van der Waals surface area contributed by atoms with E-state index in [9.17, 15) is 0 Å². The van der Waals surface area contributed by atoms with Crippen molar-refractivity contribution in [2.24, 2.45) is 0 Å².